The van der Waals surface area contributed by atoms with Crippen molar-refractivity contribution in [1.29, 1.82) is 0 Å². The minimum absolute atomic E-state index is 0.00361. The van der Waals surface area contributed by atoms with Crippen LogP contribution in [0.2, 0.25) is 0 Å². The van der Waals surface area contributed by atoms with Gasteiger partial charge >= 0.3 is 0 Å². The first-order chi connectivity index (χ1) is 6.40. The highest BCUT2D eigenvalue weighted by Crippen LogP contribution is 1.91. The Morgan fingerprint density at radius 1 is 1.43 bits per heavy atom. The van der Waals surface area contributed by atoms with Crippen molar-refractivity contribution < 1.29 is 8.42 Å². The van der Waals surface area contributed by atoms with Gasteiger partial charge in [-0.2, -0.15) is 0 Å². The van der Waals surface area contributed by atoms with Crippen molar-refractivity contribution in [2.75, 3.05) is 12.0 Å². The lowest BCUT2D eigenvalue weighted by Gasteiger charge is -2.04. The number of pyridine rings is 1. The number of sulfone groups is 1. The summed E-state index contributed by atoms with van der Waals surface area (Å²) >= 11 is 0. The van der Waals surface area contributed by atoms with Gasteiger partial charge in [0.15, 0.2) is 0 Å². The van der Waals surface area contributed by atoms with E-state index >= 15 is 0 Å². The molecule has 0 saturated heterocycles. The molecule has 0 fully saturated rings. The van der Waals surface area contributed by atoms with E-state index in [9.17, 15) is 13.2 Å². The summed E-state index contributed by atoms with van der Waals surface area (Å²) in [5.74, 6) is -0.00361. The Bertz CT molecular complexity index is 473. The van der Waals surface area contributed by atoms with Crippen LogP contribution >= 0.6 is 0 Å². The predicted octanol–water partition coefficient (Wildman–Crippen LogP) is 0.201. The lowest BCUT2D eigenvalue weighted by atomic mass is 10.3. The third-order valence-corrected chi connectivity index (χ3v) is 2.84. The van der Waals surface area contributed by atoms with E-state index < -0.39 is 9.84 Å². The molecule has 0 bridgehead atoms. The highest BCUT2D eigenvalue weighted by atomic mass is 32.2. The Morgan fingerprint density at radius 3 is 2.64 bits per heavy atom. The second-order valence-corrected chi connectivity index (χ2v) is 5.58. The van der Waals surface area contributed by atoms with Gasteiger partial charge in [-0.3, -0.25) is 4.79 Å². The van der Waals surface area contributed by atoms with Gasteiger partial charge in [0.05, 0.1) is 5.75 Å². The number of aromatic nitrogens is 1. The van der Waals surface area contributed by atoms with Crippen LogP contribution in [0.3, 0.4) is 0 Å². The highest BCUT2D eigenvalue weighted by molar-refractivity contribution is 7.90. The molecule has 1 aromatic heterocycles. The van der Waals surface area contributed by atoms with Crippen molar-refractivity contribution >= 4 is 9.84 Å². The van der Waals surface area contributed by atoms with Crippen LogP contribution in [-0.4, -0.2) is 25.0 Å². The molecule has 0 aromatic carbocycles. The monoisotopic (exact) mass is 215 g/mol. The van der Waals surface area contributed by atoms with Crippen molar-refractivity contribution in [3.05, 3.63) is 34.2 Å². The standard InChI is InChI=1S/C9H13NO3S/c1-8-4-3-5-10(9(8)11)6-7-14(2,12)13/h3-5H,6-7H2,1-2H3. The summed E-state index contributed by atoms with van der Waals surface area (Å²) in [6, 6.07) is 3.44. The van der Waals surface area contributed by atoms with Crippen LogP contribution in [0.5, 0.6) is 0 Å². The molecule has 0 saturated carbocycles. The van der Waals surface area contributed by atoms with E-state index in [1.165, 1.54) is 4.57 Å². The van der Waals surface area contributed by atoms with Crippen LogP contribution in [0.15, 0.2) is 23.1 Å². The number of hydrogen-bond acceptors (Lipinski definition) is 3. The molecule has 0 aliphatic carbocycles. The van der Waals surface area contributed by atoms with Crippen molar-refractivity contribution in [2.24, 2.45) is 0 Å². The number of hydrogen-bond donors (Lipinski definition) is 0. The molecule has 0 spiro atoms. The molecule has 78 valence electrons. The molecule has 1 aromatic rings. The lowest BCUT2D eigenvalue weighted by Crippen LogP contribution is -2.24. The largest absolute Gasteiger partial charge is 0.314 e. The Hall–Kier alpha value is -1.10. The smallest absolute Gasteiger partial charge is 0.253 e. The Morgan fingerprint density at radius 2 is 2.07 bits per heavy atom. The van der Waals surface area contributed by atoms with Gasteiger partial charge in [0.1, 0.15) is 9.84 Å². The maximum atomic E-state index is 11.5. The first-order valence-electron chi connectivity index (χ1n) is 4.24. The van der Waals surface area contributed by atoms with Crippen LogP contribution < -0.4 is 5.56 Å². The topological polar surface area (TPSA) is 56.1 Å². The quantitative estimate of drug-likeness (QED) is 0.724. The van der Waals surface area contributed by atoms with Gasteiger partial charge in [0, 0.05) is 24.6 Å². The van der Waals surface area contributed by atoms with E-state index in [1.807, 2.05) is 0 Å². The average Bonchev–Trinajstić information content (AvgIpc) is 2.06. The lowest BCUT2D eigenvalue weighted by molar-refractivity contribution is 0.592. The third kappa shape index (κ3) is 2.99. The fourth-order valence-electron chi connectivity index (χ4n) is 1.10. The van der Waals surface area contributed by atoms with Gasteiger partial charge in [-0.25, -0.2) is 8.42 Å². The molecule has 0 aliphatic rings. The molecule has 0 aliphatic heterocycles. The average molecular weight is 215 g/mol. The minimum atomic E-state index is -3.01. The maximum absolute atomic E-state index is 11.5. The van der Waals surface area contributed by atoms with E-state index in [2.05, 4.69) is 0 Å². The van der Waals surface area contributed by atoms with Crippen LogP contribution in [0.25, 0.3) is 0 Å². The van der Waals surface area contributed by atoms with Crippen molar-refractivity contribution in [3.63, 3.8) is 0 Å². The summed E-state index contributed by atoms with van der Waals surface area (Å²) in [5, 5.41) is 0. The van der Waals surface area contributed by atoms with Crippen LogP contribution in [0, 0.1) is 6.92 Å². The van der Waals surface area contributed by atoms with Gasteiger partial charge in [0.25, 0.3) is 5.56 Å². The second kappa shape index (κ2) is 3.96. The van der Waals surface area contributed by atoms with Gasteiger partial charge < -0.3 is 4.57 Å². The molecular formula is C9H13NO3S. The molecule has 4 nitrogen and oxygen atoms in total. The molecule has 0 N–H and O–H groups in total. The summed E-state index contributed by atoms with van der Waals surface area (Å²) in [6.45, 7) is 1.93. The first kappa shape index (κ1) is 11.0. The van der Waals surface area contributed by atoms with Crippen molar-refractivity contribution in [3.8, 4) is 0 Å². The molecule has 0 unspecified atom stereocenters. The van der Waals surface area contributed by atoms with Crippen LogP contribution in [-0.2, 0) is 16.4 Å². The van der Waals surface area contributed by atoms with Gasteiger partial charge in [-0.15, -0.1) is 0 Å². The van der Waals surface area contributed by atoms with E-state index in [-0.39, 0.29) is 17.9 Å². The molecule has 14 heavy (non-hydrogen) atoms. The fraction of sp³-hybridized carbons (Fsp3) is 0.444. The minimum Gasteiger partial charge on any atom is -0.314 e. The van der Waals surface area contributed by atoms with Gasteiger partial charge in [0.2, 0.25) is 0 Å². The van der Waals surface area contributed by atoms with Crippen molar-refractivity contribution in [2.45, 2.75) is 13.5 Å². The van der Waals surface area contributed by atoms with E-state index in [4.69, 9.17) is 0 Å². The van der Waals surface area contributed by atoms with Crippen LogP contribution in [0.4, 0.5) is 0 Å². The molecule has 0 atom stereocenters. The Balaban J connectivity index is 2.89. The molecule has 5 heteroatoms. The summed E-state index contributed by atoms with van der Waals surface area (Å²) in [6.07, 6.45) is 2.76. The Kier molecular flexibility index (Phi) is 3.10. The zero-order valence-electron chi connectivity index (χ0n) is 8.23. The number of nitrogens with zero attached hydrogens (tertiary/aromatic N) is 1. The van der Waals surface area contributed by atoms with E-state index in [0.29, 0.717) is 5.56 Å². The summed E-state index contributed by atoms with van der Waals surface area (Å²) in [5.41, 5.74) is 0.497. The maximum Gasteiger partial charge on any atom is 0.253 e. The third-order valence-electron chi connectivity index (χ3n) is 1.91. The van der Waals surface area contributed by atoms with Crippen LogP contribution in [0.1, 0.15) is 5.56 Å². The molecule has 0 radical (unpaired) electrons. The highest BCUT2D eigenvalue weighted by Gasteiger charge is 2.04. The molecule has 1 rings (SSSR count). The first-order valence-corrected chi connectivity index (χ1v) is 6.30. The molecule has 1 heterocycles. The number of aryl methyl sites for hydroxylation is 2. The normalized spacial score (nSPS) is 11.6. The van der Waals surface area contributed by atoms with Crippen molar-refractivity contribution in [1.82, 2.24) is 4.57 Å². The van der Waals surface area contributed by atoms with E-state index in [1.54, 1.807) is 25.3 Å². The molecule has 0 amide bonds. The van der Waals surface area contributed by atoms with E-state index in [0.717, 1.165) is 6.26 Å². The second-order valence-electron chi connectivity index (χ2n) is 3.32. The zero-order valence-corrected chi connectivity index (χ0v) is 9.04. The predicted molar refractivity (Wildman–Crippen MR) is 55.1 cm³/mol. The van der Waals surface area contributed by atoms with Gasteiger partial charge in [-0.1, -0.05) is 6.07 Å². The summed E-state index contributed by atoms with van der Waals surface area (Å²) in [4.78, 5) is 11.5. The SMILES string of the molecule is Cc1cccn(CCS(C)(=O)=O)c1=O. The Labute approximate surface area is 83.1 Å². The fourth-order valence-corrected chi connectivity index (χ4v) is 1.63. The molecular weight excluding hydrogens is 202 g/mol. The van der Waals surface area contributed by atoms with Gasteiger partial charge in [-0.05, 0) is 13.0 Å². The zero-order chi connectivity index (χ0) is 10.8. The summed E-state index contributed by atoms with van der Waals surface area (Å²) < 4.78 is 23.2. The number of rotatable bonds is 3. The summed E-state index contributed by atoms with van der Waals surface area (Å²) in [7, 11) is -3.01.